The third kappa shape index (κ3) is 4.77. The van der Waals surface area contributed by atoms with E-state index in [4.69, 9.17) is 10.7 Å². The summed E-state index contributed by atoms with van der Waals surface area (Å²) in [6, 6.07) is 14.9. The SMILES string of the molecule is Cn1ncc(-c2cccc(C(N)=O)c2-c2nc(CCCC(=O)NC3CC3)cn2-c2ccccc2)c1F. The van der Waals surface area contributed by atoms with Crippen LogP contribution in [0.1, 0.15) is 41.7 Å². The zero-order chi connectivity index (χ0) is 25.2. The number of amides is 2. The van der Waals surface area contributed by atoms with Crippen molar-refractivity contribution >= 4 is 11.8 Å². The molecule has 0 spiro atoms. The number of nitrogens with zero attached hydrogens (tertiary/aromatic N) is 4. The Morgan fingerprint density at radius 3 is 2.56 bits per heavy atom. The summed E-state index contributed by atoms with van der Waals surface area (Å²) in [6.07, 6.45) is 7.03. The molecule has 8 nitrogen and oxygen atoms in total. The van der Waals surface area contributed by atoms with E-state index in [1.807, 2.05) is 41.1 Å². The number of aromatic nitrogens is 4. The van der Waals surface area contributed by atoms with Gasteiger partial charge in [0.2, 0.25) is 17.8 Å². The number of nitrogens with two attached hydrogens (primary N) is 1. The van der Waals surface area contributed by atoms with E-state index in [0.717, 1.165) is 28.9 Å². The minimum absolute atomic E-state index is 0.0497. The Labute approximate surface area is 208 Å². The van der Waals surface area contributed by atoms with Crippen LogP contribution in [0.15, 0.2) is 60.9 Å². The van der Waals surface area contributed by atoms with Gasteiger partial charge in [-0.05, 0) is 49.4 Å². The maximum Gasteiger partial charge on any atom is 0.249 e. The third-order valence-corrected chi connectivity index (χ3v) is 6.28. The topological polar surface area (TPSA) is 108 Å². The lowest BCUT2D eigenvalue weighted by molar-refractivity contribution is -0.121. The molecule has 9 heteroatoms. The Morgan fingerprint density at radius 2 is 1.89 bits per heavy atom. The molecule has 36 heavy (non-hydrogen) atoms. The van der Waals surface area contributed by atoms with Crippen LogP contribution in [0.4, 0.5) is 4.39 Å². The third-order valence-electron chi connectivity index (χ3n) is 6.28. The molecular formula is C27H27FN6O2. The first-order chi connectivity index (χ1) is 17.4. The maximum atomic E-state index is 15.0. The number of hydrogen-bond acceptors (Lipinski definition) is 4. The van der Waals surface area contributed by atoms with Crippen molar-refractivity contribution in [3.8, 4) is 28.2 Å². The number of aryl methyl sites for hydroxylation is 2. The monoisotopic (exact) mass is 486 g/mol. The second kappa shape index (κ2) is 9.77. The van der Waals surface area contributed by atoms with Crippen LogP contribution in [0.2, 0.25) is 0 Å². The summed E-state index contributed by atoms with van der Waals surface area (Å²) in [7, 11) is 1.51. The molecular weight excluding hydrogens is 459 g/mol. The van der Waals surface area contributed by atoms with Crippen molar-refractivity contribution in [3.63, 3.8) is 0 Å². The molecule has 5 rings (SSSR count). The van der Waals surface area contributed by atoms with Crippen LogP contribution in [0, 0.1) is 5.95 Å². The van der Waals surface area contributed by atoms with Crippen molar-refractivity contribution in [2.45, 2.75) is 38.1 Å². The quantitative estimate of drug-likeness (QED) is 0.375. The smallest absolute Gasteiger partial charge is 0.249 e. The predicted molar refractivity (Wildman–Crippen MR) is 134 cm³/mol. The normalized spacial score (nSPS) is 13.1. The molecule has 2 heterocycles. The van der Waals surface area contributed by atoms with Crippen LogP contribution >= 0.6 is 0 Å². The molecule has 2 aromatic carbocycles. The number of benzene rings is 2. The molecule has 1 aliphatic carbocycles. The number of para-hydroxylation sites is 1. The van der Waals surface area contributed by atoms with E-state index in [9.17, 15) is 14.0 Å². The fourth-order valence-electron chi connectivity index (χ4n) is 4.29. The molecule has 1 saturated carbocycles. The van der Waals surface area contributed by atoms with E-state index in [1.54, 1.807) is 18.2 Å². The van der Waals surface area contributed by atoms with Crippen molar-refractivity contribution in [3.05, 3.63) is 78.1 Å². The molecule has 0 radical (unpaired) electrons. The predicted octanol–water partition coefficient (Wildman–Crippen LogP) is 3.78. The van der Waals surface area contributed by atoms with Gasteiger partial charge in [-0.1, -0.05) is 30.3 Å². The summed E-state index contributed by atoms with van der Waals surface area (Å²) < 4.78 is 18.0. The Balaban J connectivity index is 1.59. The van der Waals surface area contributed by atoms with Gasteiger partial charge in [0.1, 0.15) is 5.82 Å². The molecule has 184 valence electrons. The minimum atomic E-state index is -0.642. The summed E-state index contributed by atoms with van der Waals surface area (Å²) in [5.74, 6) is -0.658. The van der Waals surface area contributed by atoms with Crippen molar-refractivity contribution in [2.75, 3.05) is 0 Å². The zero-order valence-electron chi connectivity index (χ0n) is 19.9. The van der Waals surface area contributed by atoms with E-state index >= 15 is 0 Å². The summed E-state index contributed by atoms with van der Waals surface area (Å²) in [5.41, 5.74) is 8.72. The molecule has 3 N–H and O–H groups in total. The highest BCUT2D eigenvalue weighted by Gasteiger charge is 2.25. The molecule has 1 aliphatic rings. The largest absolute Gasteiger partial charge is 0.366 e. The second-order valence-corrected chi connectivity index (χ2v) is 9.02. The van der Waals surface area contributed by atoms with E-state index in [2.05, 4.69) is 10.4 Å². The van der Waals surface area contributed by atoms with Gasteiger partial charge in [-0.3, -0.25) is 14.2 Å². The van der Waals surface area contributed by atoms with Gasteiger partial charge in [-0.15, -0.1) is 0 Å². The molecule has 0 atom stereocenters. The first-order valence-electron chi connectivity index (χ1n) is 12.0. The van der Waals surface area contributed by atoms with Crippen LogP contribution in [0.3, 0.4) is 0 Å². The Bertz CT molecular complexity index is 1420. The summed E-state index contributed by atoms with van der Waals surface area (Å²) in [5, 5.41) is 7.03. The number of hydrogen-bond donors (Lipinski definition) is 2. The number of carbonyl (C=O) groups is 2. The summed E-state index contributed by atoms with van der Waals surface area (Å²) >= 11 is 0. The lowest BCUT2D eigenvalue weighted by atomic mass is 9.95. The van der Waals surface area contributed by atoms with Gasteiger partial charge in [0.05, 0.1) is 23.0 Å². The average Bonchev–Trinajstić information content (AvgIpc) is 3.49. The van der Waals surface area contributed by atoms with Crippen LogP contribution in [0.25, 0.3) is 28.2 Å². The molecule has 0 aliphatic heterocycles. The molecule has 0 bridgehead atoms. The van der Waals surface area contributed by atoms with Crippen molar-refractivity contribution in [1.29, 1.82) is 0 Å². The minimum Gasteiger partial charge on any atom is -0.366 e. The number of primary amides is 1. The van der Waals surface area contributed by atoms with Gasteiger partial charge in [-0.25, -0.2) is 9.67 Å². The van der Waals surface area contributed by atoms with Crippen molar-refractivity contribution < 1.29 is 14.0 Å². The van der Waals surface area contributed by atoms with Gasteiger partial charge in [0.15, 0.2) is 0 Å². The van der Waals surface area contributed by atoms with E-state index in [0.29, 0.717) is 42.3 Å². The van der Waals surface area contributed by atoms with Crippen LogP contribution in [0.5, 0.6) is 0 Å². The van der Waals surface area contributed by atoms with Crippen molar-refractivity contribution in [2.24, 2.45) is 12.8 Å². The Morgan fingerprint density at radius 1 is 1.11 bits per heavy atom. The molecule has 4 aromatic rings. The van der Waals surface area contributed by atoms with Crippen LogP contribution < -0.4 is 11.1 Å². The Kier molecular flexibility index (Phi) is 6.37. The number of halogens is 1. The van der Waals surface area contributed by atoms with Gasteiger partial charge >= 0.3 is 0 Å². The molecule has 2 aromatic heterocycles. The fraction of sp³-hybridized carbons (Fsp3) is 0.259. The molecule has 0 saturated heterocycles. The highest BCUT2D eigenvalue weighted by atomic mass is 19.1. The first-order valence-corrected chi connectivity index (χ1v) is 12.0. The van der Waals surface area contributed by atoms with E-state index < -0.39 is 11.9 Å². The van der Waals surface area contributed by atoms with Crippen molar-refractivity contribution in [1.82, 2.24) is 24.6 Å². The molecule has 2 amide bonds. The van der Waals surface area contributed by atoms with E-state index in [1.165, 1.54) is 13.2 Å². The second-order valence-electron chi connectivity index (χ2n) is 9.02. The summed E-state index contributed by atoms with van der Waals surface area (Å²) in [4.78, 5) is 29.5. The van der Waals surface area contributed by atoms with Gasteiger partial charge in [0, 0.05) is 37.0 Å². The number of carbonyl (C=O) groups excluding carboxylic acids is 2. The first kappa shape index (κ1) is 23.5. The van der Waals surface area contributed by atoms with Crippen LogP contribution in [-0.2, 0) is 18.3 Å². The van der Waals surface area contributed by atoms with Gasteiger partial charge < -0.3 is 11.1 Å². The molecule has 0 unspecified atom stereocenters. The summed E-state index contributed by atoms with van der Waals surface area (Å²) in [6.45, 7) is 0. The maximum absolute atomic E-state index is 15.0. The lowest BCUT2D eigenvalue weighted by Crippen LogP contribution is -2.25. The van der Waals surface area contributed by atoms with E-state index in [-0.39, 0.29) is 17.0 Å². The number of nitrogens with one attached hydrogen (secondary N) is 1. The fourth-order valence-corrected chi connectivity index (χ4v) is 4.29. The standard InChI is InChI=1S/C27H27FN6O2/c1-33-25(28)22(15-30-33)20-10-6-11-21(26(29)36)24(20)27-32-18(7-5-12-23(35)31-17-13-14-17)16-34(27)19-8-3-2-4-9-19/h2-4,6,8-11,15-17H,5,7,12-14H2,1H3,(H2,29,36)(H,31,35). The van der Waals surface area contributed by atoms with Gasteiger partial charge in [0.25, 0.3) is 0 Å². The van der Waals surface area contributed by atoms with Crippen LogP contribution in [-0.4, -0.2) is 37.2 Å². The van der Waals surface area contributed by atoms with Gasteiger partial charge in [-0.2, -0.15) is 9.49 Å². The molecule has 1 fully saturated rings. The highest BCUT2D eigenvalue weighted by molar-refractivity contribution is 6.03. The Hall–Kier alpha value is -4.27. The number of imidazole rings is 1. The lowest BCUT2D eigenvalue weighted by Gasteiger charge is -2.14. The average molecular weight is 487 g/mol. The highest BCUT2D eigenvalue weighted by Crippen LogP contribution is 2.37. The number of rotatable bonds is 9. The zero-order valence-corrected chi connectivity index (χ0v) is 19.9.